The van der Waals surface area contributed by atoms with Crippen LogP contribution in [0.15, 0.2) is 34.9 Å². The Balaban J connectivity index is 1.55. The summed E-state index contributed by atoms with van der Waals surface area (Å²) in [5.74, 6) is 1.48. The molecule has 0 unspecified atom stereocenters. The molecule has 0 spiro atoms. The summed E-state index contributed by atoms with van der Waals surface area (Å²) < 4.78 is 5.76. The zero-order chi connectivity index (χ0) is 16.9. The van der Waals surface area contributed by atoms with Crippen LogP contribution < -0.4 is 0 Å². The highest BCUT2D eigenvalue weighted by molar-refractivity contribution is 6.30. The first kappa shape index (κ1) is 17.0. The Morgan fingerprint density at radius 1 is 1.25 bits per heavy atom. The quantitative estimate of drug-likeness (QED) is 0.787. The van der Waals surface area contributed by atoms with E-state index in [0.29, 0.717) is 35.6 Å². The maximum atomic E-state index is 12.4. The third-order valence-corrected chi connectivity index (χ3v) is 5.00. The summed E-state index contributed by atoms with van der Waals surface area (Å²) in [6.45, 7) is 0. The highest BCUT2D eigenvalue weighted by atomic mass is 35.5. The first-order valence-electron chi connectivity index (χ1n) is 8.60. The van der Waals surface area contributed by atoms with E-state index in [1.165, 1.54) is 19.3 Å². The van der Waals surface area contributed by atoms with E-state index in [4.69, 9.17) is 16.0 Å². The number of carbonyl (C=O) groups is 1. The average Bonchev–Trinajstić information content (AvgIpc) is 3.09. The molecule has 0 atom stereocenters. The molecule has 0 N–H and O–H groups in total. The van der Waals surface area contributed by atoms with Gasteiger partial charge in [-0.2, -0.15) is 0 Å². The minimum absolute atomic E-state index is 0.174. The van der Waals surface area contributed by atoms with Crippen molar-refractivity contribution in [3.05, 3.63) is 41.4 Å². The molecule has 1 heterocycles. The number of oxazole rings is 1. The fourth-order valence-electron chi connectivity index (χ4n) is 3.24. The molecular formula is C19H23ClN2O2. The van der Waals surface area contributed by atoms with Gasteiger partial charge in [0.05, 0.1) is 6.20 Å². The molecule has 3 rings (SSSR count). The maximum absolute atomic E-state index is 12.4. The maximum Gasteiger partial charge on any atom is 0.223 e. The van der Waals surface area contributed by atoms with Gasteiger partial charge in [0.15, 0.2) is 11.7 Å². The lowest BCUT2D eigenvalue weighted by Gasteiger charge is -2.31. The van der Waals surface area contributed by atoms with Gasteiger partial charge in [-0.1, -0.05) is 30.9 Å². The van der Waals surface area contributed by atoms with E-state index in [1.807, 2.05) is 36.2 Å². The van der Waals surface area contributed by atoms with E-state index in [2.05, 4.69) is 4.98 Å². The van der Waals surface area contributed by atoms with Crippen molar-refractivity contribution >= 4 is 17.5 Å². The Morgan fingerprint density at radius 2 is 1.96 bits per heavy atom. The predicted octanol–water partition coefficient (Wildman–Crippen LogP) is 4.72. The number of amides is 1. The molecule has 1 fully saturated rings. The Morgan fingerprint density at radius 3 is 2.67 bits per heavy atom. The zero-order valence-corrected chi connectivity index (χ0v) is 14.8. The Bertz CT molecular complexity index is 675. The van der Waals surface area contributed by atoms with Crippen molar-refractivity contribution in [1.29, 1.82) is 0 Å². The first-order chi connectivity index (χ1) is 11.6. The van der Waals surface area contributed by atoms with Gasteiger partial charge >= 0.3 is 0 Å². The van der Waals surface area contributed by atoms with E-state index in [1.54, 1.807) is 6.20 Å². The van der Waals surface area contributed by atoms with Crippen LogP contribution >= 0.6 is 11.6 Å². The molecule has 0 aliphatic heterocycles. The fourth-order valence-corrected chi connectivity index (χ4v) is 3.36. The molecule has 0 radical (unpaired) electrons. The summed E-state index contributed by atoms with van der Waals surface area (Å²) in [5, 5.41) is 0.690. The van der Waals surface area contributed by atoms with Gasteiger partial charge in [0.25, 0.3) is 0 Å². The lowest BCUT2D eigenvalue weighted by molar-refractivity contribution is -0.132. The molecule has 24 heavy (non-hydrogen) atoms. The SMILES string of the molecule is CN(C(=O)CCc1ncc(-c2ccc(Cl)cc2)o1)C1CCCCC1. The van der Waals surface area contributed by atoms with Crippen molar-refractivity contribution in [2.24, 2.45) is 0 Å². The van der Waals surface area contributed by atoms with Gasteiger partial charge in [-0.25, -0.2) is 4.98 Å². The van der Waals surface area contributed by atoms with Crippen LogP contribution in [-0.2, 0) is 11.2 Å². The molecule has 1 amide bonds. The summed E-state index contributed by atoms with van der Waals surface area (Å²) in [6.07, 6.45) is 8.68. The molecule has 2 aromatic rings. The van der Waals surface area contributed by atoms with Crippen LogP contribution in [-0.4, -0.2) is 28.9 Å². The van der Waals surface area contributed by atoms with Crippen molar-refractivity contribution in [3.63, 3.8) is 0 Å². The van der Waals surface area contributed by atoms with Crippen molar-refractivity contribution in [2.75, 3.05) is 7.05 Å². The summed E-state index contributed by atoms with van der Waals surface area (Å²) >= 11 is 5.89. The summed E-state index contributed by atoms with van der Waals surface area (Å²) in [6, 6.07) is 7.84. The Kier molecular flexibility index (Phi) is 5.56. The van der Waals surface area contributed by atoms with E-state index >= 15 is 0 Å². The number of aryl methyl sites for hydroxylation is 1. The van der Waals surface area contributed by atoms with Crippen LogP contribution in [0.5, 0.6) is 0 Å². The second-order valence-electron chi connectivity index (χ2n) is 6.42. The minimum atomic E-state index is 0.174. The predicted molar refractivity (Wildman–Crippen MR) is 94.9 cm³/mol. The third kappa shape index (κ3) is 4.18. The molecule has 1 aliphatic rings. The van der Waals surface area contributed by atoms with Crippen molar-refractivity contribution in [1.82, 2.24) is 9.88 Å². The average molecular weight is 347 g/mol. The van der Waals surface area contributed by atoms with Crippen LogP contribution in [0.2, 0.25) is 5.02 Å². The number of benzene rings is 1. The lowest BCUT2D eigenvalue weighted by atomic mass is 9.94. The van der Waals surface area contributed by atoms with E-state index in [-0.39, 0.29) is 5.91 Å². The monoisotopic (exact) mass is 346 g/mol. The van der Waals surface area contributed by atoms with Crippen molar-refractivity contribution < 1.29 is 9.21 Å². The normalized spacial score (nSPS) is 15.4. The van der Waals surface area contributed by atoms with Crippen LogP contribution in [0.25, 0.3) is 11.3 Å². The number of carbonyl (C=O) groups excluding carboxylic acids is 1. The molecule has 1 aromatic carbocycles. The van der Waals surface area contributed by atoms with Crippen molar-refractivity contribution in [3.8, 4) is 11.3 Å². The lowest BCUT2D eigenvalue weighted by Crippen LogP contribution is -2.38. The molecule has 0 bridgehead atoms. The second-order valence-corrected chi connectivity index (χ2v) is 6.86. The van der Waals surface area contributed by atoms with Gasteiger partial charge in [0, 0.05) is 36.5 Å². The number of halogens is 1. The molecule has 5 heteroatoms. The minimum Gasteiger partial charge on any atom is -0.441 e. The Hall–Kier alpha value is -1.81. The van der Waals surface area contributed by atoms with E-state index in [0.717, 1.165) is 18.4 Å². The van der Waals surface area contributed by atoms with Crippen LogP contribution in [0, 0.1) is 0 Å². The Labute approximate surface area is 147 Å². The number of nitrogens with zero attached hydrogens (tertiary/aromatic N) is 2. The molecular weight excluding hydrogens is 324 g/mol. The number of hydrogen-bond acceptors (Lipinski definition) is 3. The van der Waals surface area contributed by atoms with Gasteiger partial charge < -0.3 is 9.32 Å². The summed E-state index contributed by atoms with van der Waals surface area (Å²) in [7, 11) is 1.92. The smallest absolute Gasteiger partial charge is 0.223 e. The van der Waals surface area contributed by atoms with Gasteiger partial charge in [-0.15, -0.1) is 0 Å². The molecule has 1 saturated carbocycles. The number of rotatable bonds is 5. The van der Waals surface area contributed by atoms with Crippen molar-refractivity contribution in [2.45, 2.75) is 51.0 Å². The zero-order valence-electron chi connectivity index (χ0n) is 14.0. The first-order valence-corrected chi connectivity index (χ1v) is 8.97. The van der Waals surface area contributed by atoms with Gasteiger partial charge in [-0.05, 0) is 37.1 Å². The van der Waals surface area contributed by atoms with E-state index < -0.39 is 0 Å². The largest absolute Gasteiger partial charge is 0.441 e. The molecule has 0 saturated heterocycles. The third-order valence-electron chi connectivity index (χ3n) is 4.75. The van der Waals surface area contributed by atoms with Crippen LogP contribution in [0.3, 0.4) is 0 Å². The topological polar surface area (TPSA) is 46.3 Å². The fraction of sp³-hybridized carbons (Fsp3) is 0.474. The second kappa shape index (κ2) is 7.84. The molecule has 1 aliphatic carbocycles. The van der Waals surface area contributed by atoms with Gasteiger partial charge in [0.1, 0.15) is 0 Å². The van der Waals surface area contributed by atoms with Crippen LogP contribution in [0.4, 0.5) is 0 Å². The standard InChI is InChI=1S/C19H23ClN2O2/c1-22(16-5-3-2-4-6-16)19(23)12-11-18-21-13-17(24-18)14-7-9-15(20)10-8-14/h7-10,13,16H,2-6,11-12H2,1H3. The molecule has 4 nitrogen and oxygen atoms in total. The number of hydrogen-bond donors (Lipinski definition) is 0. The van der Waals surface area contributed by atoms with Gasteiger partial charge in [0.2, 0.25) is 5.91 Å². The summed E-state index contributed by atoms with van der Waals surface area (Å²) in [4.78, 5) is 18.6. The highest BCUT2D eigenvalue weighted by Crippen LogP contribution is 2.24. The summed E-state index contributed by atoms with van der Waals surface area (Å²) in [5.41, 5.74) is 0.934. The van der Waals surface area contributed by atoms with Crippen LogP contribution in [0.1, 0.15) is 44.4 Å². The van der Waals surface area contributed by atoms with Gasteiger partial charge in [-0.3, -0.25) is 4.79 Å². The number of aromatic nitrogens is 1. The molecule has 1 aromatic heterocycles. The highest BCUT2D eigenvalue weighted by Gasteiger charge is 2.22. The van der Waals surface area contributed by atoms with E-state index in [9.17, 15) is 4.79 Å². The molecule has 128 valence electrons.